The number of alkyl halides is 3. The molecular weight excluding hydrogens is 281 g/mol. The highest BCUT2D eigenvalue weighted by Gasteiger charge is 2.34. The highest BCUT2D eigenvalue weighted by molar-refractivity contribution is 5.25. The predicted molar refractivity (Wildman–Crippen MR) is 74.8 cm³/mol. The molecule has 0 radical (unpaired) electrons. The molecule has 1 fully saturated rings. The van der Waals surface area contributed by atoms with E-state index in [1.165, 1.54) is 4.90 Å². The molecule has 2 N–H and O–H groups in total. The Kier molecular flexibility index (Phi) is 5.24. The van der Waals surface area contributed by atoms with Gasteiger partial charge in [-0.05, 0) is 24.5 Å². The van der Waals surface area contributed by atoms with Gasteiger partial charge in [-0.1, -0.05) is 24.3 Å². The number of hydrogen-bond acceptors (Lipinski definition) is 3. The van der Waals surface area contributed by atoms with Gasteiger partial charge >= 0.3 is 6.18 Å². The van der Waals surface area contributed by atoms with Gasteiger partial charge in [0.15, 0.2) is 0 Å². The first-order valence-electron chi connectivity index (χ1n) is 7.12. The number of halogens is 3. The predicted octanol–water partition coefficient (Wildman–Crippen LogP) is 2.47. The minimum atomic E-state index is -4.13. The second kappa shape index (κ2) is 6.77. The first-order chi connectivity index (χ1) is 9.87. The summed E-state index contributed by atoms with van der Waals surface area (Å²) in [4.78, 5) is 1.44. The van der Waals surface area contributed by atoms with Gasteiger partial charge in [0.05, 0.1) is 13.2 Å². The fourth-order valence-electron chi connectivity index (χ4n) is 2.78. The van der Waals surface area contributed by atoms with Crippen LogP contribution in [0.5, 0.6) is 0 Å². The molecular formula is C15H21F3N2O. The molecule has 0 bridgehead atoms. The van der Waals surface area contributed by atoms with Gasteiger partial charge in [0.2, 0.25) is 0 Å². The van der Waals surface area contributed by atoms with Gasteiger partial charge in [0.25, 0.3) is 0 Å². The van der Waals surface area contributed by atoms with Gasteiger partial charge in [0, 0.05) is 25.2 Å². The maximum absolute atomic E-state index is 12.4. The van der Waals surface area contributed by atoms with Crippen LogP contribution in [0.3, 0.4) is 0 Å². The maximum atomic E-state index is 12.4. The normalized spacial score (nSPS) is 21.7. The van der Waals surface area contributed by atoms with Crippen LogP contribution in [0.4, 0.5) is 13.2 Å². The van der Waals surface area contributed by atoms with Crippen LogP contribution in [-0.4, -0.2) is 41.9 Å². The summed E-state index contributed by atoms with van der Waals surface area (Å²) < 4.78 is 37.1. The summed E-state index contributed by atoms with van der Waals surface area (Å²) in [6.07, 6.45) is -3.41. The maximum Gasteiger partial charge on any atom is 0.401 e. The highest BCUT2D eigenvalue weighted by atomic mass is 19.4. The van der Waals surface area contributed by atoms with Crippen molar-refractivity contribution in [3.63, 3.8) is 0 Å². The molecule has 2 rings (SSSR count). The first kappa shape index (κ1) is 16.3. The largest absolute Gasteiger partial charge is 0.401 e. The van der Waals surface area contributed by atoms with Crippen LogP contribution in [-0.2, 0) is 6.61 Å². The van der Waals surface area contributed by atoms with E-state index in [1.807, 2.05) is 31.2 Å². The van der Waals surface area contributed by atoms with Crippen LogP contribution in [0, 0.1) is 0 Å². The number of hydrogen-bond donors (Lipinski definition) is 2. The second-order valence-corrected chi connectivity index (χ2v) is 5.63. The minimum Gasteiger partial charge on any atom is -0.392 e. The average molecular weight is 302 g/mol. The van der Waals surface area contributed by atoms with Crippen LogP contribution >= 0.6 is 0 Å². The van der Waals surface area contributed by atoms with E-state index in [-0.39, 0.29) is 18.7 Å². The van der Waals surface area contributed by atoms with Crippen LogP contribution in [0.15, 0.2) is 24.3 Å². The monoisotopic (exact) mass is 302 g/mol. The smallest absolute Gasteiger partial charge is 0.392 e. The Morgan fingerprint density at radius 3 is 2.86 bits per heavy atom. The van der Waals surface area contributed by atoms with Gasteiger partial charge in [-0.15, -0.1) is 0 Å². The summed E-state index contributed by atoms with van der Waals surface area (Å²) in [5.74, 6) is 0. The van der Waals surface area contributed by atoms with E-state index in [4.69, 9.17) is 5.11 Å². The molecule has 118 valence electrons. The van der Waals surface area contributed by atoms with E-state index in [9.17, 15) is 13.2 Å². The standard InChI is InChI=1S/C15H21F3N2O/c1-11(13-4-2-3-12(7-13)9-21)19-14-5-6-20(8-14)10-15(16,17)18/h2-4,7,11,14,19,21H,5-6,8-10H2,1H3/t11-,14-/m0/s1. The quantitative estimate of drug-likeness (QED) is 0.877. The van der Waals surface area contributed by atoms with Crippen molar-refractivity contribution in [1.29, 1.82) is 0 Å². The third-order valence-electron chi connectivity index (χ3n) is 3.79. The molecule has 0 aromatic heterocycles. The zero-order chi connectivity index (χ0) is 15.5. The van der Waals surface area contributed by atoms with Crippen molar-refractivity contribution < 1.29 is 18.3 Å². The fourth-order valence-corrected chi connectivity index (χ4v) is 2.78. The number of aliphatic hydroxyl groups excluding tert-OH is 1. The Hall–Kier alpha value is -1.11. The first-order valence-corrected chi connectivity index (χ1v) is 7.12. The lowest BCUT2D eigenvalue weighted by Crippen LogP contribution is -2.37. The number of likely N-dealkylation sites (tertiary alicyclic amines) is 1. The van der Waals surface area contributed by atoms with Crippen molar-refractivity contribution in [3.8, 4) is 0 Å². The molecule has 0 amide bonds. The van der Waals surface area contributed by atoms with Gasteiger partial charge < -0.3 is 10.4 Å². The second-order valence-electron chi connectivity index (χ2n) is 5.63. The van der Waals surface area contributed by atoms with Crippen molar-refractivity contribution in [3.05, 3.63) is 35.4 Å². The molecule has 1 aromatic rings. The molecule has 1 aromatic carbocycles. The van der Waals surface area contributed by atoms with Gasteiger partial charge in [0.1, 0.15) is 0 Å². The number of nitrogens with zero attached hydrogens (tertiary/aromatic N) is 1. The minimum absolute atomic E-state index is 0.0106. The molecule has 1 saturated heterocycles. The van der Waals surface area contributed by atoms with Gasteiger partial charge in [-0.3, -0.25) is 4.90 Å². The Labute approximate surface area is 122 Å². The molecule has 1 aliphatic rings. The molecule has 0 spiro atoms. The summed E-state index contributed by atoms with van der Waals surface area (Å²) in [7, 11) is 0. The van der Waals surface area contributed by atoms with E-state index in [0.29, 0.717) is 13.1 Å². The number of nitrogens with one attached hydrogen (secondary N) is 1. The van der Waals surface area contributed by atoms with Crippen molar-refractivity contribution in [1.82, 2.24) is 10.2 Å². The summed E-state index contributed by atoms with van der Waals surface area (Å²) in [6, 6.07) is 7.72. The molecule has 6 heteroatoms. The van der Waals surface area contributed by atoms with Crippen molar-refractivity contribution in [2.24, 2.45) is 0 Å². The molecule has 2 atom stereocenters. The lowest BCUT2D eigenvalue weighted by Gasteiger charge is -2.21. The summed E-state index contributed by atoms with van der Waals surface area (Å²) in [5.41, 5.74) is 1.88. The summed E-state index contributed by atoms with van der Waals surface area (Å²) in [5, 5.41) is 12.5. The Morgan fingerprint density at radius 1 is 1.43 bits per heavy atom. The van der Waals surface area contributed by atoms with Crippen LogP contribution < -0.4 is 5.32 Å². The van der Waals surface area contributed by atoms with Crippen molar-refractivity contribution >= 4 is 0 Å². The molecule has 0 unspecified atom stereocenters. The molecule has 0 aliphatic carbocycles. The zero-order valence-electron chi connectivity index (χ0n) is 12.0. The molecule has 21 heavy (non-hydrogen) atoms. The van der Waals surface area contributed by atoms with E-state index in [1.54, 1.807) is 0 Å². The van der Waals surface area contributed by atoms with Crippen molar-refractivity contribution in [2.45, 2.75) is 38.2 Å². The topological polar surface area (TPSA) is 35.5 Å². The van der Waals surface area contributed by atoms with Crippen LogP contribution in [0.1, 0.15) is 30.5 Å². The zero-order valence-corrected chi connectivity index (χ0v) is 12.0. The number of aliphatic hydroxyl groups is 1. The Balaban J connectivity index is 1.87. The third-order valence-corrected chi connectivity index (χ3v) is 3.79. The molecule has 1 aliphatic heterocycles. The summed E-state index contributed by atoms with van der Waals surface area (Å²) in [6.45, 7) is 2.04. The molecule has 0 saturated carbocycles. The van der Waals surface area contributed by atoms with E-state index in [0.717, 1.165) is 17.5 Å². The van der Waals surface area contributed by atoms with Gasteiger partial charge in [-0.25, -0.2) is 0 Å². The lowest BCUT2D eigenvalue weighted by atomic mass is 10.0. The Morgan fingerprint density at radius 2 is 2.19 bits per heavy atom. The van der Waals surface area contributed by atoms with Crippen LogP contribution in [0.2, 0.25) is 0 Å². The summed E-state index contributed by atoms with van der Waals surface area (Å²) >= 11 is 0. The van der Waals surface area contributed by atoms with Crippen molar-refractivity contribution in [2.75, 3.05) is 19.6 Å². The van der Waals surface area contributed by atoms with E-state index >= 15 is 0 Å². The Bertz CT molecular complexity index is 464. The van der Waals surface area contributed by atoms with Crippen LogP contribution in [0.25, 0.3) is 0 Å². The third kappa shape index (κ3) is 4.98. The number of benzene rings is 1. The molecule has 1 heterocycles. The molecule has 3 nitrogen and oxygen atoms in total. The fraction of sp³-hybridized carbons (Fsp3) is 0.600. The highest BCUT2D eigenvalue weighted by Crippen LogP contribution is 2.22. The van der Waals surface area contributed by atoms with Gasteiger partial charge in [-0.2, -0.15) is 13.2 Å². The van der Waals surface area contributed by atoms with E-state index in [2.05, 4.69) is 5.32 Å². The number of rotatable bonds is 5. The lowest BCUT2D eigenvalue weighted by molar-refractivity contribution is -0.143. The SMILES string of the molecule is C[C@H](N[C@H]1CCN(CC(F)(F)F)C1)c1cccc(CO)c1. The van der Waals surface area contributed by atoms with E-state index < -0.39 is 12.7 Å². The average Bonchev–Trinajstić information content (AvgIpc) is 2.83.